The fraction of sp³-hybridized carbons (Fsp3) is 0.841. The minimum absolute atomic E-state index is 0.0803. The second-order valence-electron chi connectivity index (χ2n) is 15.6. The fourth-order valence-electron chi connectivity index (χ4n) is 6.66. The van der Waals surface area contributed by atoms with Gasteiger partial charge in [-0.3, -0.25) is 13.8 Å². The molecule has 13 heteroatoms. The molecule has 1 fully saturated rings. The van der Waals surface area contributed by atoms with Gasteiger partial charge in [-0.1, -0.05) is 153 Å². The van der Waals surface area contributed by atoms with Gasteiger partial charge >= 0.3 is 13.8 Å². The molecule has 57 heavy (non-hydrogen) atoms. The highest BCUT2D eigenvalue weighted by Crippen LogP contribution is 2.47. The number of phosphoric ester groups is 1. The first-order chi connectivity index (χ1) is 27.5. The summed E-state index contributed by atoms with van der Waals surface area (Å²) in [6, 6.07) is 0. The molecule has 0 aromatic heterocycles. The largest absolute Gasteiger partial charge is 0.472 e. The van der Waals surface area contributed by atoms with Gasteiger partial charge in [0.2, 0.25) is 0 Å². The summed E-state index contributed by atoms with van der Waals surface area (Å²) in [6.45, 7) is 4.20. The van der Waals surface area contributed by atoms with E-state index in [1.54, 1.807) is 0 Å². The van der Waals surface area contributed by atoms with Crippen LogP contribution in [0.2, 0.25) is 0 Å². The summed E-state index contributed by atoms with van der Waals surface area (Å²) in [5.74, 6) is -0.490. The SMILES string of the molecule is CCCCC/C=C\C/C=C\C/C=C\CCCCCCCCC(=O)OC(COCCCCCCCCCCCCC)COP(=O)(O)OC1C(O)C(O)C(O)C(O)C1O. The first-order valence-electron chi connectivity index (χ1n) is 22.3. The van der Waals surface area contributed by atoms with Crippen LogP contribution in [0.25, 0.3) is 0 Å². The normalized spacial score (nSPS) is 23.2. The number of esters is 1. The van der Waals surface area contributed by atoms with Gasteiger partial charge < -0.3 is 39.9 Å². The quantitative estimate of drug-likeness (QED) is 0.0151. The zero-order chi connectivity index (χ0) is 42.0. The van der Waals surface area contributed by atoms with Crippen LogP contribution in [0.15, 0.2) is 36.5 Å². The Morgan fingerprint density at radius 3 is 1.53 bits per heavy atom. The number of aliphatic hydroxyl groups is 5. The first kappa shape index (κ1) is 53.6. The number of allylic oxidation sites excluding steroid dienone is 6. The third kappa shape index (κ3) is 27.9. The van der Waals surface area contributed by atoms with Gasteiger partial charge in [-0.15, -0.1) is 0 Å². The van der Waals surface area contributed by atoms with E-state index in [-0.39, 0.29) is 13.0 Å². The highest BCUT2D eigenvalue weighted by Gasteiger charge is 2.51. The van der Waals surface area contributed by atoms with E-state index in [4.69, 9.17) is 18.5 Å². The molecular formula is C44H81O12P. The number of hydrogen-bond donors (Lipinski definition) is 6. The molecule has 0 aromatic rings. The summed E-state index contributed by atoms with van der Waals surface area (Å²) in [6.07, 6.45) is 27.8. The zero-order valence-corrected chi connectivity index (χ0v) is 36.3. The summed E-state index contributed by atoms with van der Waals surface area (Å²) in [5.41, 5.74) is 0. The molecule has 0 heterocycles. The maximum absolute atomic E-state index is 12.8. The molecule has 0 aliphatic heterocycles. The number of unbranched alkanes of at least 4 members (excludes halogenated alkanes) is 19. The Bertz CT molecular complexity index is 1090. The molecule has 1 aliphatic rings. The van der Waals surface area contributed by atoms with Crippen molar-refractivity contribution in [2.45, 2.75) is 217 Å². The Kier molecular flexibility index (Phi) is 33.2. The van der Waals surface area contributed by atoms with Crippen molar-refractivity contribution in [2.75, 3.05) is 19.8 Å². The molecule has 0 amide bonds. The second-order valence-corrected chi connectivity index (χ2v) is 17.0. The number of hydrogen-bond acceptors (Lipinski definition) is 11. The summed E-state index contributed by atoms with van der Waals surface area (Å²) in [5, 5.41) is 50.1. The van der Waals surface area contributed by atoms with E-state index in [9.17, 15) is 39.8 Å². The Morgan fingerprint density at radius 1 is 0.561 bits per heavy atom. The van der Waals surface area contributed by atoms with Crippen LogP contribution in [0.1, 0.15) is 174 Å². The summed E-state index contributed by atoms with van der Waals surface area (Å²) in [4.78, 5) is 23.1. The summed E-state index contributed by atoms with van der Waals surface area (Å²) in [7, 11) is -5.02. The van der Waals surface area contributed by atoms with Crippen LogP contribution in [0.5, 0.6) is 0 Å². The number of phosphoric acid groups is 1. The zero-order valence-electron chi connectivity index (χ0n) is 35.4. The minimum atomic E-state index is -5.02. The van der Waals surface area contributed by atoms with E-state index in [2.05, 4.69) is 50.3 Å². The van der Waals surface area contributed by atoms with Crippen molar-refractivity contribution in [1.29, 1.82) is 0 Å². The van der Waals surface area contributed by atoms with E-state index in [0.717, 1.165) is 70.6 Å². The summed E-state index contributed by atoms with van der Waals surface area (Å²) >= 11 is 0. The van der Waals surface area contributed by atoms with Crippen LogP contribution in [0, 0.1) is 0 Å². The molecule has 0 aromatic carbocycles. The second kappa shape index (κ2) is 35.3. The third-order valence-electron chi connectivity index (χ3n) is 10.3. The van der Waals surface area contributed by atoms with Crippen LogP contribution in [0.4, 0.5) is 0 Å². The van der Waals surface area contributed by atoms with Gasteiger partial charge in [-0.2, -0.15) is 0 Å². The fourth-order valence-corrected chi connectivity index (χ4v) is 7.63. The average molecular weight is 833 g/mol. The maximum Gasteiger partial charge on any atom is 0.472 e. The van der Waals surface area contributed by atoms with E-state index >= 15 is 0 Å². The minimum Gasteiger partial charge on any atom is -0.457 e. The Balaban J connectivity index is 2.40. The molecule has 1 aliphatic carbocycles. The predicted molar refractivity (Wildman–Crippen MR) is 226 cm³/mol. The first-order valence-corrected chi connectivity index (χ1v) is 23.8. The molecule has 6 unspecified atom stereocenters. The molecular weight excluding hydrogens is 751 g/mol. The molecule has 0 saturated heterocycles. The standard InChI is InChI=1S/C44H81O12P/c1-3-5-7-9-11-13-15-16-17-18-19-20-21-22-23-25-27-29-31-33-38(45)55-37(35-53-34-32-30-28-26-24-14-12-10-8-6-4-2)36-54-57(51,52)56-44-42(49)40(47)39(46)41(48)43(44)50/h11,13,16-17,19-20,37,39-44,46-50H,3-10,12,14-15,18,21-36H2,1-2H3,(H,51,52)/b13-11-,17-16-,20-19-. The highest BCUT2D eigenvalue weighted by molar-refractivity contribution is 7.47. The lowest BCUT2D eigenvalue weighted by Crippen LogP contribution is -2.64. The maximum atomic E-state index is 12.8. The Labute approximate surface area is 344 Å². The number of carbonyl (C=O) groups excluding carboxylic acids is 1. The number of aliphatic hydroxyl groups excluding tert-OH is 5. The highest BCUT2D eigenvalue weighted by atomic mass is 31.2. The smallest absolute Gasteiger partial charge is 0.457 e. The van der Waals surface area contributed by atoms with Crippen molar-refractivity contribution in [3.63, 3.8) is 0 Å². The van der Waals surface area contributed by atoms with Crippen LogP contribution in [0.3, 0.4) is 0 Å². The van der Waals surface area contributed by atoms with Gasteiger partial charge in [0.05, 0.1) is 13.2 Å². The lowest BCUT2D eigenvalue weighted by atomic mass is 9.85. The third-order valence-corrected chi connectivity index (χ3v) is 11.3. The molecule has 0 bridgehead atoms. The van der Waals surface area contributed by atoms with Crippen molar-refractivity contribution in [3.8, 4) is 0 Å². The number of ether oxygens (including phenoxy) is 2. The van der Waals surface area contributed by atoms with Crippen LogP contribution in [-0.4, -0.2) is 98.9 Å². The van der Waals surface area contributed by atoms with Crippen molar-refractivity contribution >= 4 is 13.8 Å². The van der Waals surface area contributed by atoms with E-state index in [0.29, 0.717) is 13.0 Å². The van der Waals surface area contributed by atoms with E-state index < -0.39 is 63.1 Å². The van der Waals surface area contributed by atoms with Gasteiger partial charge in [-0.25, -0.2) is 4.57 Å². The van der Waals surface area contributed by atoms with Crippen molar-refractivity contribution in [3.05, 3.63) is 36.5 Å². The molecule has 6 atom stereocenters. The van der Waals surface area contributed by atoms with E-state index in [1.165, 1.54) is 77.0 Å². The predicted octanol–water partition coefficient (Wildman–Crippen LogP) is 8.70. The van der Waals surface area contributed by atoms with Gasteiger partial charge in [0, 0.05) is 13.0 Å². The lowest BCUT2D eigenvalue weighted by molar-refractivity contribution is -0.220. The van der Waals surface area contributed by atoms with Gasteiger partial charge in [0.25, 0.3) is 0 Å². The molecule has 334 valence electrons. The molecule has 1 saturated carbocycles. The topological polar surface area (TPSA) is 192 Å². The molecule has 1 rings (SSSR count). The van der Waals surface area contributed by atoms with Crippen molar-refractivity contribution < 1.29 is 58.3 Å². The van der Waals surface area contributed by atoms with Gasteiger partial charge in [0.1, 0.15) is 42.7 Å². The molecule has 0 spiro atoms. The Hall–Kier alpha value is -1.44. The van der Waals surface area contributed by atoms with E-state index in [1.807, 2.05) is 0 Å². The summed E-state index contributed by atoms with van der Waals surface area (Å²) < 4.78 is 34.1. The lowest BCUT2D eigenvalue weighted by Gasteiger charge is -2.41. The van der Waals surface area contributed by atoms with Gasteiger partial charge in [0.15, 0.2) is 0 Å². The van der Waals surface area contributed by atoms with Crippen molar-refractivity contribution in [1.82, 2.24) is 0 Å². The average Bonchev–Trinajstić information content (AvgIpc) is 3.19. The monoisotopic (exact) mass is 833 g/mol. The number of carbonyl (C=O) groups is 1. The van der Waals surface area contributed by atoms with Crippen LogP contribution in [-0.2, 0) is 27.9 Å². The molecule has 6 N–H and O–H groups in total. The molecule has 0 radical (unpaired) electrons. The Morgan fingerprint density at radius 2 is 0.982 bits per heavy atom. The number of rotatable bonds is 37. The van der Waals surface area contributed by atoms with Crippen LogP contribution < -0.4 is 0 Å². The molecule has 12 nitrogen and oxygen atoms in total. The van der Waals surface area contributed by atoms with Gasteiger partial charge in [-0.05, 0) is 51.4 Å². The van der Waals surface area contributed by atoms with Crippen molar-refractivity contribution in [2.24, 2.45) is 0 Å². The van der Waals surface area contributed by atoms with Crippen LogP contribution >= 0.6 is 7.82 Å².